The van der Waals surface area contributed by atoms with Crippen LogP contribution in [0.25, 0.3) is 11.0 Å². The first kappa shape index (κ1) is 14.0. The van der Waals surface area contributed by atoms with Crippen LogP contribution in [0.3, 0.4) is 0 Å². The summed E-state index contributed by atoms with van der Waals surface area (Å²) >= 11 is 0. The van der Waals surface area contributed by atoms with Gasteiger partial charge in [-0.1, -0.05) is 0 Å². The molecular formula is C13H16N4O3. The van der Waals surface area contributed by atoms with Gasteiger partial charge in [0.25, 0.3) is 5.91 Å². The lowest BCUT2D eigenvalue weighted by Crippen LogP contribution is -2.26. The first-order valence-corrected chi connectivity index (χ1v) is 6.21. The summed E-state index contributed by atoms with van der Waals surface area (Å²) in [5.41, 5.74) is 2.55. The Bertz CT molecular complexity index is 690. The second kappa shape index (κ2) is 5.28. The van der Waals surface area contributed by atoms with Gasteiger partial charge in [0.15, 0.2) is 5.65 Å². The minimum absolute atomic E-state index is 0.0936. The van der Waals surface area contributed by atoms with Crippen molar-refractivity contribution < 1.29 is 14.7 Å². The van der Waals surface area contributed by atoms with Gasteiger partial charge >= 0.3 is 5.97 Å². The van der Waals surface area contributed by atoms with Crippen molar-refractivity contribution in [2.45, 2.75) is 20.3 Å². The number of pyridine rings is 1. The van der Waals surface area contributed by atoms with E-state index in [0.29, 0.717) is 22.3 Å². The molecule has 1 amide bonds. The highest BCUT2D eigenvalue weighted by atomic mass is 16.4. The molecule has 0 fully saturated rings. The summed E-state index contributed by atoms with van der Waals surface area (Å²) in [5, 5.41) is 16.2. The summed E-state index contributed by atoms with van der Waals surface area (Å²) in [4.78, 5) is 27.0. The van der Waals surface area contributed by atoms with Gasteiger partial charge in [0.2, 0.25) is 0 Å². The highest BCUT2D eigenvalue weighted by molar-refractivity contribution is 6.06. The van der Waals surface area contributed by atoms with Gasteiger partial charge in [-0.3, -0.25) is 14.3 Å². The predicted octanol–water partition coefficient (Wildman–Crippen LogP) is 0.790. The lowest BCUT2D eigenvalue weighted by Gasteiger charge is -2.06. The molecule has 2 aromatic rings. The average molecular weight is 276 g/mol. The molecule has 0 spiro atoms. The van der Waals surface area contributed by atoms with Crippen molar-refractivity contribution in [2.75, 3.05) is 6.54 Å². The Morgan fingerprint density at radius 2 is 2.10 bits per heavy atom. The third-order valence-electron chi connectivity index (χ3n) is 2.97. The number of hydrogen-bond acceptors (Lipinski definition) is 4. The lowest BCUT2D eigenvalue weighted by molar-refractivity contribution is -0.136. The van der Waals surface area contributed by atoms with Crippen molar-refractivity contribution >= 4 is 22.9 Å². The van der Waals surface area contributed by atoms with Crippen molar-refractivity contribution in [3.8, 4) is 0 Å². The van der Waals surface area contributed by atoms with E-state index in [1.165, 1.54) is 0 Å². The number of carboxylic acid groups (broad SMARTS) is 1. The summed E-state index contributed by atoms with van der Waals surface area (Å²) in [6, 6.07) is 1.69. The maximum atomic E-state index is 12.2. The molecule has 0 saturated heterocycles. The number of carbonyl (C=O) groups excluding carboxylic acids is 1. The first-order valence-electron chi connectivity index (χ1n) is 6.21. The Morgan fingerprint density at radius 3 is 2.75 bits per heavy atom. The van der Waals surface area contributed by atoms with Gasteiger partial charge < -0.3 is 10.4 Å². The quantitative estimate of drug-likeness (QED) is 0.860. The van der Waals surface area contributed by atoms with Gasteiger partial charge in [-0.25, -0.2) is 4.98 Å². The Morgan fingerprint density at radius 1 is 1.40 bits per heavy atom. The van der Waals surface area contributed by atoms with Crippen LogP contribution in [0.5, 0.6) is 0 Å². The topological polar surface area (TPSA) is 97.1 Å². The van der Waals surface area contributed by atoms with E-state index in [1.807, 2.05) is 6.92 Å². The normalized spacial score (nSPS) is 10.8. The molecule has 0 unspecified atom stereocenters. The van der Waals surface area contributed by atoms with Crippen molar-refractivity contribution in [3.63, 3.8) is 0 Å². The number of rotatable bonds is 4. The highest BCUT2D eigenvalue weighted by Crippen LogP contribution is 2.21. The number of nitrogens with zero attached hydrogens (tertiary/aromatic N) is 3. The Hall–Kier alpha value is -2.44. The van der Waals surface area contributed by atoms with Crippen LogP contribution in [0.4, 0.5) is 0 Å². The van der Waals surface area contributed by atoms with Crippen LogP contribution in [0.15, 0.2) is 6.07 Å². The fraction of sp³-hybridized carbons (Fsp3) is 0.385. The van der Waals surface area contributed by atoms with Gasteiger partial charge in [-0.05, 0) is 19.9 Å². The van der Waals surface area contributed by atoms with Crippen LogP contribution >= 0.6 is 0 Å². The summed E-state index contributed by atoms with van der Waals surface area (Å²) in [7, 11) is 1.77. The molecule has 2 rings (SSSR count). The zero-order chi connectivity index (χ0) is 14.9. The number of aryl methyl sites for hydroxylation is 3. The molecule has 7 heteroatoms. The standard InChI is InChI=1S/C13H16N4O3/c1-7-6-9(13(20)14-5-4-10(18)19)11-8(2)16-17(3)12(11)15-7/h6H,4-5H2,1-3H3,(H,14,20)(H,18,19). The van der Waals surface area contributed by atoms with Crippen LogP contribution in [0.2, 0.25) is 0 Å². The van der Waals surface area contributed by atoms with Gasteiger partial charge in [0.1, 0.15) is 0 Å². The second-order valence-corrected chi connectivity index (χ2v) is 4.62. The van der Waals surface area contributed by atoms with Crippen molar-refractivity contribution in [3.05, 3.63) is 23.0 Å². The number of amides is 1. The van der Waals surface area contributed by atoms with Gasteiger partial charge in [-0.2, -0.15) is 5.10 Å². The van der Waals surface area contributed by atoms with E-state index in [0.717, 1.165) is 5.69 Å². The number of carbonyl (C=O) groups is 2. The molecule has 2 N–H and O–H groups in total. The number of aromatic nitrogens is 3. The molecule has 0 saturated carbocycles. The molecule has 2 aromatic heterocycles. The monoisotopic (exact) mass is 276 g/mol. The molecule has 0 aliphatic carbocycles. The largest absolute Gasteiger partial charge is 0.481 e. The molecule has 0 bridgehead atoms. The maximum absolute atomic E-state index is 12.2. The number of fused-ring (bicyclic) bond motifs is 1. The predicted molar refractivity (Wildman–Crippen MR) is 72.6 cm³/mol. The average Bonchev–Trinajstić information content (AvgIpc) is 2.63. The van der Waals surface area contributed by atoms with Crippen LogP contribution in [0.1, 0.15) is 28.2 Å². The summed E-state index contributed by atoms with van der Waals surface area (Å²) in [6.45, 7) is 3.71. The fourth-order valence-electron chi connectivity index (χ4n) is 2.13. The Labute approximate surface area is 115 Å². The number of carboxylic acids is 1. The molecule has 0 aliphatic rings. The lowest BCUT2D eigenvalue weighted by atomic mass is 10.1. The molecular weight excluding hydrogens is 260 g/mol. The first-order chi connectivity index (χ1) is 9.40. The van der Waals surface area contributed by atoms with E-state index in [4.69, 9.17) is 5.11 Å². The summed E-state index contributed by atoms with van der Waals surface area (Å²) < 4.78 is 1.63. The SMILES string of the molecule is Cc1cc(C(=O)NCCC(=O)O)c2c(C)nn(C)c2n1. The molecule has 7 nitrogen and oxygen atoms in total. The van der Waals surface area contributed by atoms with Crippen LogP contribution in [-0.4, -0.2) is 38.3 Å². The Kier molecular flexibility index (Phi) is 3.69. The molecule has 0 atom stereocenters. The second-order valence-electron chi connectivity index (χ2n) is 4.62. The third kappa shape index (κ3) is 2.61. The van der Waals surface area contributed by atoms with Crippen molar-refractivity contribution in [1.82, 2.24) is 20.1 Å². The van der Waals surface area contributed by atoms with E-state index in [2.05, 4.69) is 15.4 Å². The van der Waals surface area contributed by atoms with Gasteiger partial charge in [-0.15, -0.1) is 0 Å². The zero-order valence-electron chi connectivity index (χ0n) is 11.6. The van der Waals surface area contributed by atoms with E-state index in [9.17, 15) is 9.59 Å². The Balaban J connectivity index is 2.38. The van der Waals surface area contributed by atoms with Crippen molar-refractivity contribution in [1.29, 1.82) is 0 Å². The molecule has 0 aliphatic heterocycles. The summed E-state index contributed by atoms with van der Waals surface area (Å²) in [6.07, 6.45) is -0.106. The zero-order valence-corrected chi connectivity index (χ0v) is 11.6. The molecule has 0 radical (unpaired) electrons. The fourth-order valence-corrected chi connectivity index (χ4v) is 2.13. The van der Waals surface area contributed by atoms with Gasteiger partial charge in [0, 0.05) is 19.3 Å². The number of aliphatic carboxylic acids is 1. The van der Waals surface area contributed by atoms with E-state index < -0.39 is 5.97 Å². The van der Waals surface area contributed by atoms with E-state index in [1.54, 1.807) is 24.7 Å². The maximum Gasteiger partial charge on any atom is 0.305 e. The van der Waals surface area contributed by atoms with Crippen LogP contribution < -0.4 is 5.32 Å². The summed E-state index contributed by atoms with van der Waals surface area (Å²) in [5.74, 6) is -1.25. The van der Waals surface area contributed by atoms with Crippen LogP contribution in [-0.2, 0) is 11.8 Å². The molecule has 106 valence electrons. The van der Waals surface area contributed by atoms with Gasteiger partial charge in [0.05, 0.1) is 23.1 Å². The minimum Gasteiger partial charge on any atom is -0.481 e. The van der Waals surface area contributed by atoms with Crippen molar-refractivity contribution in [2.24, 2.45) is 7.05 Å². The van der Waals surface area contributed by atoms with Crippen LogP contribution in [0, 0.1) is 13.8 Å². The molecule has 2 heterocycles. The third-order valence-corrected chi connectivity index (χ3v) is 2.97. The minimum atomic E-state index is -0.945. The smallest absolute Gasteiger partial charge is 0.305 e. The van der Waals surface area contributed by atoms with E-state index in [-0.39, 0.29) is 18.9 Å². The van der Waals surface area contributed by atoms with E-state index >= 15 is 0 Å². The number of hydrogen-bond donors (Lipinski definition) is 2. The number of nitrogens with one attached hydrogen (secondary N) is 1. The molecule has 20 heavy (non-hydrogen) atoms. The molecule has 0 aromatic carbocycles. The highest BCUT2D eigenvalue weighted by Gasteiger charge is 2.17.